The van der Waals surface area contributed by atoms with E-state index < -0.39 is 0 Å². The molecule has 0 saturated heterocycles. The Morgan fingerprint density at radius 1 is 0.552 bits per heavy atom. The summed E-state index contributed by atoms with van der Waals surface area (Å²) in [5.41, 5.74) is 0. The Balaban J connectivity index is 0.000000253. The van der Waals surface area contributed by atoms with Crippen molar-refractivity contribution in [3.8, 4) is 0 Å². The van der Waals surface area contributed by atoms with Crippen LogP contribution in [-0.2, 0) is 14.4 Å². The molecule has 0 aromatic heterocycles. The Morgan fingerprint density at radius 2 is 0.862 bits per heavy atom. The van der Waals surface area contributed by atoms with Gasteiger partial charge in [0.15, 0.2) is 0 Å². The molecule has 0 aromatic rings. The third kappa shape index (κ3) is 9.00. The van der Waals surface area contributed by atoms with Crippen LogP contribution in [0.1, 0.15) is 90.4 Å². The van der Waals surface area contributed by atoms with Gasteiger partial charge in [-0.25, -0.2) is 29.4 Å². The lowest BCUT2D eigenvalue weighted by Gasteiger charge is -2.31. The van der Waals surface area contributed by atoms with Crippen molar-refractivity contribution in [2.45, 2.75) is 109 Å². The minimum atomic E-state index is 0.228. The number of rotatable bonds is 5. The molecule has 0 radical (unpaired) electrons. The van der Waals surface area contributed by atoms with Gasteiger partial charge in [-0.05, 0) is 101 Å². The van der Waals surface area contributed by atoms with Crippen molar-refractivity contribution in [1.29, 1.82) is 0 Å². The van der Waals surface area contributed by atoms with Gasteiger partial charge in [0.1, 0.15) is 0 Å². The normalized spacial score (nSPS) is 34.2. The first-order valence-electron chi connectivity index (χ1n) is 11.4. The molecule has 3 rings (SSSR count). The lowest BCUT2D eigenvalue weighted by atomic mass is 9.76. The monoisotopic (exact) mass is 401 g/mol. The standard InChI is InChI=1S/C15H22N2O2.C8H13NO/c18-10-16-14-5-1-12(2-6-14)9-13-3-7-15(8-4-13)17-11-19;1-7-2-4-8(5-3-7)9-6-10/h12-15H,1-9H2;7-8H,2-5H2,1H3. The molecule has 0 spiro atoms. The van der Waals surface area contributed by atoms with E-state index in [1.54, 1.807) is 18.2 Å². The van der Waals surface area contributed by atoms with Crippen molar-refractivity contribution in [2.24, 2.45) is 32.7 Å². The smallest absolute Gasteiger partial charge is 0.211 e. The Labute approximate surface area is 174 Å². The van der Waals surface area contributed by atoms with Gasteiger partial charge in [0.25, 0.3) is 0 Å². The van der Waals surface area contributed by atoms with E-state index >= 15 is 0 Å². The van der Waals surface area contributed by atoms with Crippen molar-refractivity contribution in [3.63, 3.8) is 0 Å². The molecular weight excluding hydrogens is 366 g/mol. The largest absolute Gasteiger partial charge is 0.235 e. The van der Waals surface area contributed by atoms with Crippen LogP contribution >= 0.6 is 0 Å². The van der Waals surface area contributed by atoms with Crippen molar-refractivity contribution in [2.75, 3.05) is 0 Å². The van der Waals surface area contributed by atoms with Crippen LogP contribution in [0.2, 0.25) is 0 Å². The Hall–Kier alpha value is -1.86. The Kier molecular flexibility index (Phi) is 10.8. The van der Waals surface area contributed by atoms with Gasteiger partial charge in [-0.1, -0.05) is 6.92 Å². The van der Waals surface area contributed by atoms with Crippen LogP contribution < -0.4 is 0 Å². The van der Waals surface area contributed by atoms with E-state index in [0.29, 0.717) is 0 Å². The van der Waals surface area contributed by atoms with E-state index in [0.717, 1.165) is 56.3 Å². The van der Waals surface area contributed by atoms with E-state index in [1.165, 1.54) is 44.9 Å². The molecule has 6 heteroatoms. The van der Waals surface area contributed by atoms with E-state index in [2.05, 4.69) is 21.9 Å². The molecule has 0 bridgehead atoms. The summed E-state index contributed by atoms with van der Waals surface area (Å²) < 4.78 is 0. The molecule has 29 heavy (non-hydrogen) atoms. The van der Waals surface area contributed by atoms with Crippen molar-refractivity contribution in [3.05, 3.63) is 0 Å². The van der Waals surface area contributed by atoms with E-state index in [-0.39, 0.29) is 18.1 Å². The Bertz CT molecular complexity index is 573. The molecule has 160 valence electrons. The maximum atomic E-state index is 10.2. The number of hydrogen-bond donors (Lipinski definition) is 0. The van der Waals surface area contributed by atoms with Crippen LogP contribution in [-0.4, -0.2) is 36.4 Å². The summed E-state index contributed by atoms with van der Waals surface area (Å²) >= 11 is 0. The summed E-state index contributed by atoms with van der Waals surface area (Å²) in [7, 11) is 0. The average molecular weight is 402 g/mol. The predicted octanol–water partition coefficient (Wildman–Crippen LogP) is 5.07. The van der Waals surface area contributed by atoms with Crippen LogP contribution in [0.5, 0.6) is 0 Å². The number of aliphatic imine (C=N–C) groups is 3. The second-order valence-electron chi connectivity index (χ2n) is 9.16. The minimum Gasteiger partial charge on any atom is -0.211 e. The molecule has 0 heterocycles. The topological polar surface area (TPSA) is 88.3 Å². The fraction of sp³-hybridized carbons (Fsp3) is 0.870. The van der Waals surface area contributed by atoms with Gasteiger partial charge >= 0.3 is 0 Å². The molecule has 0 amide bonds. The summed E-state index contributed by atoms with van der Waals surface area (Å²) in [4.78, 5) is 41.7. The summed E-state index contributed by atoms with van der Waals surface area (Å²) in [6, 6.07) is 0.742. The van der Waals surface area contributed by atoms with E-state index in [4.69, 9.17) is 0 Å². The molecule has 0 atom stereocenters. The second kappa shape index (κ2) is 13.4. The van der Waals surface area contributed by atoms with E-state index in [9.17, 15) is 14.4 Å². The first-order valence-corrected chi connectivity index (χ1v) is 11.4. The molecule has 0 N–H and O–H groups in total. The van der Waals surface area contributed by atoms with Gasteiger partial charge < -0.3 is 0 Å². The average Bonchev–Trinajstić information content (AvgIpc) is 2.74. The zero-order valence-corrected chi connectivity index (χ0v) is 17.7. The zero-order chi connectivity index (χ0) is 20.9. The Morgan fingerprint density at radius 3 is 1.17 bits per heavy atom. The molecule has 0 aliphatic heterocycles. The quantitative estimate of drug-likeness (QED) is 0.476. The lowest BCUT2D eigenvalue weighted by molar-refractivity contribution is 0.226. The summed E-state index contributed by atoms with van der Waals surface area (Å²) in [6.45, 7) is 2.25. The molecule has 0 aromatic carbocycles. The second-order valence-corrected chi connectivity index (χ2v) is 9.16. The fourth-order valence-electron chi connectivity index (χ4n) is 5.09. The van der Waals surface area contributed by atoms with Crippen molar-refractivity contribution >= 4 is 18.2 Å². The third-order valence-corrected chi connectivity index (χ3v) is 6.99. The third-order valence-electron chi connectivity index (χ3n) is 6.99. The number of hydrogen-bond acceptors (Lipinski definition) is 6. The van der Waals surface area contributed by atoms with Crippen LogP contribution in [0.3, 0.4) is 0 Å². The highest BCUT2D eigenvalue weighted by molar-refractivity contribution is 5.34. The van der Waals surface area contributed by atoms with Gasteiger partial charge in [-0.15, -0.1) is 0 Å². The maximum Gasteiger partial charge on any atom is 0.235 e. The van der Waals surface area contributed by atoms with Crippen LogP contribution in [0, 0.1) is 17.8 Å². The van der Waals surface area contributed by atoms with Gasteiger partial charge in [-0.2, -0.15) is 0 Å². The zero-order valence-electron chi connectivity index (χ0n) is 17.7. The highest BCUT2D eigenvalue weighted by atomic mass is 16.1. The first-order chi connectivity index (χ1) is 14.1. The SMILES string of the molecule is CC1CCC(N=C=O)CC1.O=C=NC1CCC(CC2CCC(N=C=O)CC2)CC1. The highest BCUT2D eigenvalue weighted by Crippen LogP contribution is 2.36. The van der Waals surface area contributed by atoms with Crippen molar-refractivity contribution < 1.29 is 14.4 Å². The molecule has 3 aliphatic carbocycles. The van der Waals surface area contributed by atoms with Crippen LogP contribution in [0.25, 0.3) is 0 Å². The van der Waals surface area contributed by atoms with Crippen LogP contribution in [0.15, 0.2) is 15.0 Å². The van der Waals surface area contributed by atoms with Gasteiger partial charge in [0, 0.05) is 0 Å². The summed E-state index contributed by atoms with van der Waals surface area (Å²) in [6.07, 6.45) is 19.9. The summed E-state index contributed by atoms with van der Waals surface area (Å²) in [5, 5.41) is 0. The van der Waals surface area contributed by atoms with Gasteiger partial charge in [0.05, 0.1) is 18.1 Å². The molecule has 6 nitrogen and oxygen atoms in total. The lowest BCUT2D eigenvalue weighted by Crippen LogP contribution is -2.23. The predicted molar refractivity (Wildman–Crippen MR) is 112 cm³/mol. The molecule has 3 aliphatic rings. The number of carbonyl (C=O) groups excluding carboxylic acids is 3. The van der Waals surface area contributed by atoms with Gasteiger partial charge in [-0.3, -0.25) is 0 Å². The summed E-state index contributed by atoms with van der Waals surface area (Å²) in [5.74, 6) is 2.43. The molecule has 0 unspecified atom stereocenters. The fourth-order valence-corrected chi connectivity index (χ4v) is 5.09. The molecule has 3 saturated carbocycles. The maximum absolute atomic E-state index is 10.2. The molecular formula is C23H35N3O3. The number of isocyanates is 3. The highest BCUT2D eigenvalue weighted by Gasteiger charge is 2.26. The van der Waals surface area contributed by atoms with Crippen molar-refractivity contribution in [1.82, 2.24) is 0 Å². The first kappa shape index (κ1) is 23.4. The number of nitrogens with zero attached hydrogens (tertiary/aromatic N) is 3. The van der Waals surface area contributed by atoms with Crippen LogP contribution in [0.4, 0.5) is 0 Å². The van der Waals surface area contributed by atoms with Gasteiger partial charge in [0.2, 0.25) is 18.2 Å². The molecule has 3 fully saturated rings. The van der Waals surface area contributed by atoms with E-state index in [1.807, 2.05) is 0 Å². The minimum absolute atomic E-state index is 0.228.